The van der Waals surface area contributed by atoms with E-state index in [0.717, 1.165) is 18.9 Å². The van der Waals surface area contributed by atoms with E-state index in [1.807, 2.05) is 13.0 Å². The number of hydrogen-bond acceptors (Lipinski definition) is 3. The first-order chi connectivity index (χ1) is 7.27. The monoisotopic (exact) mass is 212 g/mol. The third kappa shape index (κ3) is 4.98. The molecule has 0 spiro atoms. The van der Waals surface area contributed by atoms with Gasteiger partial charge in [-0.1, -0.05) is 19.8 Å². The van der Waals surface area contributed by atoms with Crippen LogP contribution in [0.3, 0.4) is 0 Å². The molecule has 0 saturated heterocycles. The standard InChI is InChI=1S/C12H20O3/c1-3-11(12(13)14-2)7-9-15-8-6-10-4-5-10/h7,10H,3-6,8-9H2,1-2H3. The van der Waals surface area contributed by atoms with Gasteiger partial charge in [0.2, 0.25) is 0 Å². The van der Waals surface area contributed by atoms with Crippen molar-refractivity contribution in [2.45, 2.75) is 32.6 Å². The molecule has 1 saturated carbocycles. The first kappa shape index (κ1) is 12.2. The summed E-state index contributed by atoms with van der Waals surface area (Å²) >= 11 is 0. The minimum Gasteiger partial charge on any atom is -0.466 e. The highest BCUT2D eigenvalue weighted by atomic mass is 16.5. The molecule has 0 amide bonds. The van der Waals surface area contributed by atoms with Crippen molar-refractivity contribution in [2.24, 2.45) is 5.92 Å². The summed E-state index contributed by atoms with van der Waals surface area (Å²) in [6.07, 6.45) is 6.40. The van der Waals surface area contributed by atoms with Crippen molar-refractivity contribution in [3.63, 3.8) is 0 Å². The summed E-state index contributed by atoms with van der Waals surface area (Å²) in [7, 11) is 1.40. The number of carbonyl (C=O) groups excluding carboxylic acids is 1. The fraction of sp³-hybridized carbons (Fsp3) is 0.750. The Hall–Kier alpha value is -0.830. The molecule has 86 valence electrons. The van der Waals surface area contributed by atoms with Crippen LogP contribution in [-0.2, 0) is 14.3 Å². The van der Waals surface area contributed by atoms with Gasteiger partial charge >= 0.3 is 5.97 Å². The van der Waals surface area contributed by atoms with Crippen molar-refractivity contribution < 1.29 is 14.3 Å². The van der Waals surface area contributed by atoms with E-state index in [2.05, 4.69) is 4.74 Å². The van der Waals surface area contributed by atoms with E-state index in [4.69, 9.17) is 4.74 Å². The van der Waals surface area contributed by atoms with E-state index in [1.165, 1.54) is 20.0 Å². The van der Waals surface area contributed by atoms with Crippen LogP contribution in [0.5, 0.6) is 0 Å². The highest BCUT2D eigenvalue weighted by molar-refractivity contribution is 5.88. The zero-order valence-electron chi connectivity index (χ0n) is 9.62. The zero-order chi connectivity index (χ0) is 11.1. The van der Waals surface area contributed by atoms with Gasteiger partial charge in [0.25, 0.3) is 0 Å². The Kier molecular flexibility index (Phi) is 5.40. The summed E-state index contributed by atoms with van der Waals surface area (Å²) in [4.78, 5) is 11.2. The molecule has 0 radical (unpaired) electrons. The molecular formula is C12H20O3. The van der Waals surface area contributed by atoms with Gasteiger partial charge in [-0.05, 0) is 24.8 Å². The summed E-state index contributed by atoms with van der Waals surface area (Å²) in [6, 6.07) is 0. The van der Waals surface area contributed by atoms with Gasteiger partial charge in [-0.25, -0.2) is 4.79 Å². The molecule has 1 rings (SSSR count). The Morgan fingerprint density at radius 1 is 1.47 bits per heavy atom. The summed E-state index contributed by atoms with van der Waals surface area (Å²) in [6.45, 7) is 3.26. The second-order valence-electron chi connectivity index (χ2n) is 3.88. The van der Waals surface area contributed by atoms with E-state index in [-0.39, 0.29) is 5.97 Å². The maximum atomic E-state index is 11.2. The molecule has 0 unspecified atom stereocenters. The number of rotatable bonds is 7. The molecule has 1 fully saturated rings. The zero-order valence-corrected chi connectivity index (χ0v) is 9.62. The third-order valence-electron chi connectivity index (χ3n) is 2.64. The Labute approximate surface area is 91.4 Å². The SMILES string of the molecule is CCC(=CCOCCC1CC1)C(=O)OC. The van der Waals surface area contributed by atoms with Gasteiger partial charge < -0.3 is 9.47 Å². The predicted octanol–water partition coefficient (Wildman–Crippen LogP) is 2.31. The van der Waals surface area contributed by atoms with Crippen LogP contribution in [0.15, 0.2) is 11.6 Å². The van der Waals surface area contributed by atoms with Crippen LogP contribution in [0.25, 0.3) is 0 Å². The van der Waals surface area contributed by atoms with Crippen LogP contribution in [0, 0.1) is 5.92 Å². The van der Waals surface area contributed by atoms with Crippen LogP contribution in [0.4, 0.5) is 0 Å². The fourth-order valence-electron chi connectivity index (χ4n) is 1.40. The molecule has 1 aliphatic rings. The van der Waals surface area contributed by atoms with Gasteiger partial charge in [-0.3, -0.25) is 0 Å². The topological polar surface area (TPSA) is 35.5 Å². The molecule has 1 aliphatic carbocycles. The third-order valence-corrected chi connectivity index (χ3v) is 2.64. The van der Waals surface area contributed by atoms with Gasteiger partial charge in [0.05, 0.1) is 13.7 Å². The number of hydrogen-bond donors (Lipinski definition) is 0. The van der Waals surface area contributed by atoms with Gasteiger partial charge in [-0.15, -0.1) is 0 Å². The molecule has 0 aliphatic heterocycles. The smallest absolute Gasteiger partial charge is 0.333 e. The van der Waals surface area contributed by atoms with Crippen LogP contribution in [0.1, 0.15) is 32.6 Å². The normalized spacial score (nSPS) is 16.5. The van der Waals surface area contributed by atoms with Gasteiger partial charge in [0.15, 0.2) is 0 Å². The lowest BCUT2D eigenvalue weighted by molar-refractivity contribution is -0.136. The number of methoxy groups -OCH3 is 1. The molecule has 0 N–H and O–H groups in total. The fourth-order valence-corrected chi connectivity index (χ4v) is 1.40. The number of esters is 1. The van der Waals surface area contributed by atoms with E-state index in [9.17, 15) is 4.79 Å². The van der Waals surface area contributed by atoms with Gasteiger partial charge in [0.1, 0.15) is 0 Å². The van der Waals surface area contributed by atoms with Crippen molar-refractivity contribution in [3.05, 3.63) is 11.6 Å². The summed E-state index contributed by atoms with van der Waals surface area (Å²) in [5.74, 6) is 0.656. The lowest BCUT2D eigenvalue weighted by Gasteiger charge is -2.03. The number of ether oxygens (including phenoxy) is 2. The maximum Gasteiger partial charge on any atom is 0.333 e. The average Bonchev–Trinajstić information content (AvgIpc) is 3.06. The van der Waals surface area contributed by atoms with Crippen molar-refractivity contribution in [3.8, 4) is 0 Å². The molecule has 0 aromatic carbocycles. The molecule has 0 aromatic rings. The van der Waals surface area contributed by atoms with E-state index < -0.39 is 0 Å². The Morgan fingerprint density at radius 3 is 2.73 bits per heavy atom. The summed E-state index contributed by atoms with van der Waals surface area (Å²) in [5, 5.41) is 0. The van der Waals surface area contributed by atoms with Crippen molar-refractivity contribution in [1.29, 1.82) is 0 Å². The first-order valence-corrected chi connectivity index (χ1v) is 5.63. The second-order valence-corrected chi connectivity index (χ2v) is 3.88. The average molecular weight is 212 g/mol. The largest absolute Gasteiger partial charge is 0.466 e. The minimum atomic E-state index is -0.247. The van der Waals surface area contributed by atoms with Crippen LogP contribution in [0.2, 0.25) is 0 Å². The summed E-state index contributed by atoms with van der Waals surface area (Å²) < 4.78 is 10.1. The molecule has 3 nitrogen and oxygen atoms in total. The van der Waals surface area contributed by atoms with Crippen molar-refractivity contribution in [1.82, 2.24) is 0 Å². The van der Waals surface area contributed by atoms with Crippen LogP contribution in [-0.4, -0.2) is 26.3 Å². The highest BCUT2D eigenvalue weighted by Crippen LogP contribution is 2.32. The lowest BCUT2D eigenvalue weighted by atomic mass is 10.2. The van der Waals surface area contributed by atoms with Crippen LogP contribution < -0.4 is 0 Å². The Morgan fingerprint density at radius 2 is 2.20 bits per heavy atom. The van der Waals surface area contributed by atoms with Crippen molar-refractivity contribution in [2.75, 3.05) is 20.3 Å². The summed E-state index contributed by atoms with van der Waals surface area (Å²) in [5.41, 5.74) is 0.698. The molecule has 0 heterocycles. The molecular weight excluding hydrogens is 192 g/mol. The molecule has 3 heteroatoms. The molecule has 0 atom stereocenters. The van der Waals surface area contributed by atoms with Gasteiger partial charge in [0, 0.05) is 12.2 Å². The molecule has 0 aromatic heterocycles. The van der Waals surface area contributed by atoms with E-state index >= 15 is 0 Å². The van der Waals surface area contributed by atoms with E-state index in [1.54, 1.807) is 0 Å². The lowest BCUT2D eigenvalue weighted by Crippen LogP contribution is -2.05. The molecule has 15 heavy (non-hydrogen) atoms. The minimum absolute atomic E-state index is 0.247. The van der Waals surface area contributed by atoms with E-state index in [0.29, 0.717) is 18.6 Å². The molecule has 0 bridgehead atoms. The first-order valence-electron chi connectivity index (χ1n) is 5.63. The van der Waals surface area contributed by atoms with Gasteiger partial charge in [-0.2, -0.15) is 0 Å². The Bertz CT molecular complexity index is 229. The van der Waals surface area contributed by atoms with Crippen molar-refractivity contribution >= 4 is 5.97 Å². The second kappa shape index (κ2) is 6.62. The highest BCUT2D eigenvalue weighted by Gasteiger charge is 2.20. The number of carbonyl (C=O) groups is 1. The quantitative estimate of drug-likeness (QED) is 0.369. The van der Waals surface area contributed by atoms with Crippen LogP contribution >= 0.6 is 0 Å². The Balaban J connectivity index is 2.12. The predicted molar refractivity (Wildman–Crippen MR) is 58.6 cm³/mol. The maximum absolute atomic E-state index is 11.2.